The van der Waals surface area contributed by atoms with Gasteiger partial charge in [-0.25, -0.2) is 21.6 Å². The average molecular weight is 389 g/mol. The monoisotopic (exact) mass is 388 g/mol. The van der Waals surface area contributed by atoms with Gasteiger partial charge in [0.05, 0.1) is 11.9 Å². The molecule has 1 heterocycles. The molecule has 9 heteroatoms. The Morgan fingerprint density at radius 1 is 1.12 bits per heavy atom. The molecule has 0 aliphatic rings. The Balaban J connectivity index is 2.17. The van der Waals surface area contributed by atoms with E-state index in [2.05, 4.69) is 4.72 Å². The van der Waals surface area contributed by atoms with E-state index in [0.717, 1.165) is 28.7 Å². The number of anilines is 1. The van der Waals surface area contributed by atoms with Crippen LogP contribution in [-0.4, -0.2) is 36.2 Å². The summed E-state index contributed by atoms with van der Waals surface area (Å²) in [6, 6.07) is 8.61. The first-order chi connectivity index (χ1) is 11.1. The van der Waals surface area contributed by atoms with Crippen molar-refractivity contribution in [2.24, 2.45) is 0 Å². The molecule has 0 spiro atoms. The first-order valence-corrected chi connectivity index (χ1v) is 11.4. The van der Waals surface area contributed by atoms with E-state index in [1.165, 1.54) is 10.4 Å². The van der Waals surface area contributed by atoms with Crippen LogP contribution in [0, 0.1) is 13.8 Å². The third-order valence-electron chi connectivity index (χ3n) is 3.39. The minimum atomic E-state index is -3.61. The Labute approximate surface area is 147 Å². The number of thiophene rings is 1. The van der Waals surface area contributed by atoms with Gasteiger partial charge in [0.2, 0.25) is 20.0 Å². The minimum absolute atomic E-state index is 0.0133. The van der Waals surface area contributed by atoms with Crippen molar-refractivity contribution in [2.45, 2.75) is 18.1 Å². The fraction of sp³-hybridized carbons (Fsp3) is 0.333. The molecule has 6 nitrogen and oxygen atoms in total. The number of sulfonamides is 2. The fourth-order valence-corrected chi connectivity index (χ4v) is 5.36. The van der Waals surface area contributed by atoms with Gasteiger partial charge in [-0.05, 0) is 36.9 Å². The van der Waals surface area contributed by atoms with Crippen LogP contribution >= 0.6 is 11.3 Å². The Hall–Kier alpha value is -1.42. The molecule has 0 saturated carbocycles. The lowest BCUT2D eigenvalue weighted by Crippen LogP contribution is -2.38. The van der Waals surface area contributed by atoms with Gasteiger partial charge in [0.25, 0.3) is 0 Å². The number of nitrogens with one attached hydrogen (secondary N) is 1. The third kappa shape index (κ3) is 4.56. The van der Waals surface area contributed by atoms with E-state index >= 15 is 0 Å². The van der Waals surface area contributed by atoms with Crippen LogP contribution in [0.1, 0.15) is 11.1 Å². The lowest BCUT2D eigenvalue weighted by Gasteiger charge is -2.24. The molecule has 0 amide bonds. The summed E-state index contributed by atoms with van der Waals surface area (Å²) in [4.78, 5) is 0. The number of hydrogen-bond donors (Lipinski definition) is 1. The molecular formula is C15H20N2O4S3. The summed E-state index contributed by atoms with van der Waals surface area (Å²) in [6.45, 7) is 3.76. The van der Waals surface area contributed by atoms with Gasteiger partial charge in [-0.15, -0.1) is 11.3 Å². The number of nitrogens with zero attached hydrogens (tertiary/aromatic N) is 1. The van der Waals surface area contributed by atoms with Gasteiger partial charge in [0.1, 0.15) is 4.21 Å². The molecule has 24 heavy (non-hydrogen) atoms. The van der Waals surface area contributed by atoms with E-state index in [-0.39, 0.29) is 17.3 Å². The highest BCUT2D eigenvalue weighted by Gasteiger charge is 2.21. The Morgan fingerprint density at radius 3 is 2.38 bits per heavy atom. The summed E-state index contributed by atoms with van der Waals surface area (Å²) in [7, 11) is -7.13. The average Bonchev–Trinajstić information content (AvgIpc) is 2.98. The van der Waals surface area contributed by atoms with Crippen molar-refractivity contribution in [1.29, 1.82) is 0 Å². The van der Waals surface area contributed by atoms with Crippen LogP contribution in [0.25, 0.3) is 0 Å². The maximum Gasteiger partial charge on any atom is 0.250 e. The third-order valence-corrected chi connectivity index (χ3v) is 7.43. The smallest absolute Gasteiger partial charge is 0.250 e. The minimum Gasteiger partial charge on any atom is -0.269 e. The van der Waals surface area contributed by atoms with Crippen molar-refractivity contribution >= 4 is 37.1 Å². The molecule has 0 aliphatic heterocycles. The standard InChI is InChI=1S/C15H20N2O4S3/c1-12-6-7-14(13(2)11-12)17(23(3,18)19)9-8-16-24(20,21)15-5-4-10-22-15/h4-7,10-11,16H,8-9H2,1-3H3. The highest BCUT2D eigenvalue weighted by molar-refractivity contribution is 7.92. The molecule has 0 fully saturated rings. The number of rotatable bonds is 7. The first kappa shape index (κ1) is 18.9. The summed E-state index contributed by atoms with van der Waals surface area (Å²) >= 11 is 1.11. The van der Waals surface area contributed by atoms with E-state index in [1.54, 1.807) is 17.5 Å². The SMILES string of the molecule is Cc1ccc(N(CCNS(=O)(=O)c2cccs2)S(C)(=O)=O)c(C)c1. The van der Waals surface area contributed by atoms with Crippen LogP contribution in [0.5, 0.6) is 0 Å². The molecule has 132 valence electrons. The molecule has 0 atom stereocenters. The van der Waals surface area contributed by atoms with Crippen LogP contribution in [-0.2, 0) is 20.0 Å². The maximum absolute atomic E-state index is 12.1. The van der Waals surface area contributed by atoms with Gasteiger partial charge in [-0.1, -0.05) is 23.8 Å². The largest absolute Gasteiger partial charge is 0.269 e. The molecule has 1 N–H and O–H groups in total. The summed E-state index contributed by atoms with van der Waals surface area (Å²) in [5.41, 5.74) is 2.41. The highest BCUT2D eigenvalue weighted by atomic mass is 32.2. The molecular weight excluding hydrogens is 368 g/mol. The Morgan fingerprint density at radius 2 is 1.83 bits per heavy atom. The van der Waals surface area contributed by atoms with Crippen molar-refractivity contribution in [3.8, 4) is 0 Å². The van der Waals surface area contributed by atoms with E-state index in [4.69, 9.17) is 0 Å². The molecule has 0 aliphatic carbocycles. The lowest BCUT2D eigenvalue weighted by atomic mass is 10.1. The maximum atomic E-state index is 12.1. The zero-order valence-corrected chi connectivity index (χ0v) is 16.1. The summed E-state index contributed by atoms with van der Waals surface area (Å²) in [6.07, 6.45) is 1.11. The van der Waals surface area contributed by atoms with Crippen LogP contribution in [0.2, 0.25) is 0 Å². The van der Waals surface area contributed by atoms with E-state index in [0.29, 0.717) is 5.69 Å². The van der Waals surface area contributed by atoms with E-state index in [9.17, 15) is 16.8 Å². The summed E-state index contributed by atoms with van der Waals surface area (Å²) < 4.78 is 52.3. The van der Waals surface area contributed by atoms with Crippen molar-refractivity contribution < 1.29 is 16.8 Å². The van der Waals surface area contributed by atoms with E-state index < -0.39 is 20.0 Å². The zero-order valence-electron chi connectivity index (χ0n) is 13.7. The number of benzene rings is 1. The van der Waals surface area contributed by atoms with Gasteiger partial charge in [0.15, 0.2) is 0 Å². The molecule has 1 aromatic heterocycles. The predicted molar refractivity (Wildman–Crippen MR) is 97.6 cm³/mol. The second-order valence-electron chi connectivity index (χ2n) is 5.45. The van der Waals surface area contributed by atoms with Crippen LogP contribution < -0.4 is 9.03 Å². The molecule has 0 saturated heterocycles. The molecule has 0 radical (unpaired) electrons. The second-order valence-corrected chi connectivity index (χ2v) is 10.3. The van der Waals surface area contributed by atoms with Crippen LogP contribution in [0.15, 0.2) is 39.9 Å². The highest BCUT2D eigenvalue weighted by Crippen LogP contribution is 2.23. The van der Waals surface area contributed by atoms with Crippen molar-refractivity contribution in [3.63, 3.8) is 0 Å². The van der Waals surface area contributed by atoms with Gasteiger partial charge in [0, 0.05) is 13.1 Å². The number of aryl methyl sites for hydroxylation is 2. The second kappa shape index (κ2) is 7.22. The molecule has 0 bridgehead atoms. The van der Waals surface area contributed by atoms with E-state index in [1.807, 2.05) is 26.0 Å². The fourth-order valence-electron chi connectivity index (χ4n) is 2.32. The molecule has 2 rings (SSSR count). The Kier molecular flexibility index (Phi) is 5.69. The summed E-state index contributed by atoms with van der Waals surface area (Å²) in [5.74, 6) is 0. The van der Waals surface area contributed by atoms with Crippen LogP contribution in [0.3, 0.4) is 0 Å². The van der Waals surface area contributed by atoms with Crippen molar-refractivity contribution in [3.05, 3.63) is 46.8 Å². The van der Waals surface area contributed by atoms with Gasteiger partial charge in [-0.2, -0.15) is 0 Å². The lowest BCUT2D eigenvalue weighted by molar-refractivity contribution is 0.580. The molecule has 0 unspecified atom stereocenters. The normalized spacial score (nSPS) is 12.3. The Bertz CT molecular complexity index is 904. The molecule has 2 aromatic rings. The first-order valence-electron chi connectivity index (χ1n) is 7.19. The van der Waals surface area contributed by atoms with Crippen molar-refractivity contribution in [2.75, 3.05) is 23.7 Å². The quantitative estimate of drug-likeness (QED) is 0.787. The van der Waals surface area contributed by atoms with Gasteiger partial charge in [-0.3, -0.25) is 4.31 Å². The zero-order chi connectivity index (χ0) is 18.0. The van der Waals surface area contributed by atoms with Crippen molar-refractivity contribution in [1.82, 2.24) is 4.72 Å². The molecule has 1 aromatic carbocycles. The predicted octanol–water partition coefficient (Wildman–Crippen LogP) is 2.11. The topological polar surface area (TPSA) is 83.6 Å². The van der Waals surface area contributed by atoms with Crippen LogP contribution in [0.4, 0.5) is 5.69 Å². The van der Waals surface area contributed by atoms with Gasteiger partial charge < -0.3 is 0 Å². The van der Waals surface area contributed by atoms with Gasteiger partial charge >= 0.3 is 0 Å². The number of hydrogen-bond acceptors (Lipinski definition) is 5. The summed E-state index contributed by atoms with van der Waals surface area (Å²) in [5, 5.41) is 1.67.